The molecule has 1 saturated carbocycles. The number of nitrogens with one attached hydrogen (secondary N) is 3. The number of anilines is 2. The van der Waals surface area contributed by atoms with Crippen LogP contribution in [0.2, 0.25) is 5.02 Å². The largest absolute Gasteiger partial charge is 0.433 e. The van der Waals surface area contributed by atoms with Crippen LogP contribution in [0.15, 0.2) is 42.5 Å². The Morgan fingerprint density at radius 1 is 1.10 bits per heavy atom. The van der Waals surface area contributed by atoms with Crippen molar-refractivity contribution < 1.29 is 30.8 Å². The number of carbonyl (C=O) groups is 1. The van der Waals surface area contributed by atoms with Crippen LogP contribution in [-0.4, -0.2) is 37.1 Å². The fourth-order valence-corrected chi connectivity index (χ4v) is 5.96. The summed E-state index contributed by atoms with van der Waals surface area (Å²) in [6, 6.07) is 8.10. The molecule has 1 fully saturated rings. The number of fused-ring (bicyclic) bond motifs is 1. The van der Waals surface area contributed by atoms with Gasteiger partial charge in [0.2, 0.25) is 10.0 Å². The molecule has 4 rings (SSSR count). The quantitative estimate of drug-likeness (QED) is 0.267. The Bertz CT molecular complexity index is 1480. The molecule has 0 spiro atoms. The third-order valence-corrected chi connectivity index (χ3v) is 8.11. The summed E-state index contributed by atoms with van der Waals surface area (Å²) in [5, 5.41) is 6.73. The summed E-state index contributed by atoms with van der Waals surface area (Å²) >= 11 is 6.08. The second-order valence-electron chi connectivity index (χ2n) is 9.51. The Kier molecular flexibility index (Phi) is 8.55. The first kappa shape index (κ1) is 28.9. The number of hydrogen-bond acceptors (Lipinski definition) is 5. The van der Waals surface area contributed by atoms with Gasteiger partial charge in [0.25, 0.3) is 5.91 Å². The highest BCUT2D eigenvalue weighted by Gasteiger charge is 2.34. The van der Waals surface area contributed by atoms with Crippen LogP contribution in [0.5, 0.6) is 0 Å². The van der Waals surface area contributed by atoms with E-state index in [1.807, 2.05) is 0 Å². The lowest BCUT2D eigenvalue weighted by atomic mass is 9.90. The molecule has 2 aromatic carbocycles. The Morgan fingerprint density at radius 3 is 2.56 bits per heavy atom. The van der Waals surface area contributed by atoms with Crippen molar-refractivity contribution in [2.75, 3.05) is 15.8 Å². The van der Waals surface area contributed by atoms with E-state index in [-0.39, 0.29) is 40.3 Å². The van der Waals surface area contributed by atoms with Crippen molar-refractivity contribution in [2.45, 2.75) is 57.3 Å². The van der Waals surface area contributed by atoms with Gasteiger partial charge in [0.05, 0.1) is 16.8 Å². The average molecular weight is 587 g/mol. The van der Waals surface area contributed by atoms with E-state index in [1.165, 1.54) is 18.2 Å². The molecule has 0 saturated heterocycles. The van der Waals surface area contributed by atoms with Crippen molar-refractivity contribution in [1.82, 2.24) is 10.3 Å². The summed E-state index contributed by atoms with van der Waals surface area (Å²) in [5.41, 5.74) is -0.911. The average Bonchev–Trinajstić information content (AvgIpc) is 2.84. The number of sulfonamides is 1. The van der Waals surface area contributed by atoms with Crippen LogP contribution in [0.1, 0.15) is 55.1 Å². The SMILES string of the molecule is CCCS(=O)(=O)Nc1ccc(F)c(C(=O)N[C@@H]2CCC[C@H](Nc3cc(C(F)(F)F)nc4ccc(Cl)cc34)C2)c1. The normalized spacial score (nSPS) is 18.1. The van der Waals surface area contributed by atoms with Crippen molar-refractivity contribution >= 4 is 49.8 Å². The lowest BCUT2D eigenvalue weighted by molar-refractivity contribution is -0.140. The standard InChI is InChI=1S/C26H27ClF4N4O3S/c1-2-10-39(37,38)35-18-7-8-21(28)19(13-18)25(36)33-17-5-3-4-16(12-17)32-23-14-24(26(29,30)31)34-22-9-6-15(27)11-20(22)23/h6-9,11,13-14,16-17,35H,2-5,10,12H2,1H3,(H,32,34)(H,33,36)/t16-,17+/m0/s1. The maximum Gasteiger partial charge on any atom is 0.433 e. The molecule has 2 atom stereocenters. The number of halogens is 5. The molecular weight excluding hydrogens is 560 g/mol. The van der Waals surface area contributed by atoms with Crippen molar-refractivity contribution in [3.8, 4) is 0 Å². The van der Waals surface area contributed by atoms with Crippen molar-refractivity contribution in [3.05, 3.63) is 64.6 Å². The third kappa shape index (κ3) is 7.30. The predicted octanol–water partition coefficient (Wildman–Crippen LogP) is 6.35. The monoisotopic (exact) mass is 586 g/mol. The molecule has 210 valence electrons. The summed E-state index contributed by atoms with van der Waals surface area (Å²) in [4.78, 5) is 16.6. The zero-order chi connectivity index (χ0) is 28.4. The van der Waals surface area contributed by atoms with Crippen molar-refractivity contribution in [1.29, 1.82) is 0 Å². The van der Waals surface area contributed by atoms with E-state index in [2.05, 4.69) is 20.3 Å². The van der Waals surface area contributed by atoms with Gasteiger partial charge in [-0.3, -0.25) is 9.52 Å². The number of alkyl halides is 3. The zero-order valence-electron chi connectivity index (χ0n) is 20.9. The van der Waals surface area contributed by atoms with Gasteiger partial charge in [0.15, 0.2) is 0 Å². The van der Waals surface area contributed by atoms with E-state index in [0.717, 1.165) is 18.2 Å². The smallest absolute Gasteiger partial charge is 0.382 e. The number of aromatic nitrogens is 1. The first-order chi connectivity index (χ1) is 18.3. The van der Waals surface area contributed by atoms with Crippen LogP contribution in [0, 0.1) is 5.82 Å². The Labute approximate surface area is 228 Å². The van der Waals surface area contributed by atoms with Gasteiger partial charge in [0.1, 0.15) is 11.5 Å². The minimum absolute atomic E-state index is 0.0712. The number of benzene rings is 2. The van der Waals surface area contributed by atoms with E-state index < -0.39 is 33.6 Å². The van der Waals surface area contributed by atoms with E-state index in [0.29, 0.717) is 42.5 Å². The fraction of sp³-hybridized carbons (Fsp3) is 0.385. The van der Waals surface area contributed by atoms with E-state index in [9.17, 15) is 30.8 Å². The van der Waals surface area contributed by atoms with Gasteiger partial charge in [-0.2, -0.15) is 13.2 Å². The molecule has 1 aliphatic rings. The molecule has 1 aliphatic carbocycles. The van der Waals surface area contributed by atoms with Crippen LogP contribution in [0.25, 0.3) is 10.9 Å². The maximum absolute atomic E-state index is 14.5. The molecule has 0 radical (unpaired) electrons. The number of nitrogens with zero attached hydrogens (tertiary/aromatic N) is 1. The Balaban J connectivity index is 1.50. The molecule has 0 aliphatic heterocycles. The second-order valence-corrected chi connectivity index (χ2v) is 11.8. The van der Waals surface area contributed by atoms with Gasteiger partial charge in [-0.1, -0.05) is 18.5 Å². The van der Waals surface area contributed by atoms with Gasteiger partial charge in [-0.15, -0.1) is 0 Å². The zero-order valence-corrected chi connectivity index (χ0v) is 22.5. The van der Waals surface area contributed by atoms with Gasteiger partial charge >= 0.3 is 6.18 Å². The molecule has 7 nitrogen and oxygen atoms in total. The van der Waals surface area contributed by atoms with Crippen LogP contribution in [0.4, 0.5) is 28.9 Å². The molecule has 3 aromatic rings. The second kappa shape index (κ2) is 11.5. The van der Waals surface area contributed by atoms with E-state index >= 15 is 0 Å². The Morgan fingerprint density at radius 2 is 1.85 bits per heavy atom. The first-order valence-corrected chi connectivity index (χ1v) is 14.4. The minimum Gasteiger partial charge on any atom is -0.382 e. The first-order valence-electron chi connectivity index (χ1n) is 12.4. The molecule has 3 N–H and O–H groups in total. The highest BCUT2D eigenvalue weighted by atomic mass is 35.5. The van der Waals surface area contributed by atoms with Crippen molar-refractivity contribution in [2.24, 2.45) is 0 Å². The summed E-state index contributed by atoms with van der Waals surface area (Å²) < 4.78 is 81.4. The molecule has 13 heteroatoms. The highest BCUT2D eigenvalue weighted by Crippen LogP contribution is 2.35. The van der Waals surface area contributed by atoms with Gasteiger partial charge in [-0.05, 0) is 74.6 Å². The number of rotatable bonds is 8. The van der Waals surface area contributed by atoms with Gasteiger partial charge in [0, 0.05) is 33.9 Å². The molecule has 1 heterocycles. The highest BCUT2D eigenvalue weighted by molar-refractivity contribution is 7.92. The lowest BCUT2D eigenvalue weighted by Gasteiger charge is -2.31. The summed E-state index contributed by atoms with van der Waals surface area (Å²) in [5.74, 6) is -1.64. The molecule has 1 amide bonds. The topological polar surface area (TPSA) is 100 Å². The summed E-state index contributed by atoms with van der Waals surface area (Å²) in [6.45, 7) is 1.70. The number of pyridine rings is 1. The molecule has 0 unspecified atom stereocenters. The number of amides is 1. The van der Waals surface area contributed by atoms with Crippen LogP contribution in [-0.2, 0) is 16.2 Å². The molecule has 1 aromatic heterocycles. The molecular formula is C26H27ClF4N4O3S. The predicted molar refractivity (Wildman–Crippen MR) is 143 cm³/mol. The number of hydrogen-bond donors (Lipinski definition) is 3. The van der Waals surface area contributed by atoms with Crippen LogP contribution in [0.3, 0.4) is 0 Å². The molecule has 39 heavy (non-hydrogen) atoms. The van der Waals surface area contributed by atoms with E-state index in [1.54, 1.807) is 13.0 Å². The van der Waals surface area contributed by atoms with Gasteiger partial charge < -0.3 is 10.6 Å². The summed E-state index contributed by atoms with van der Waals surface area (Å²) in [7, 11) is -3.63. The fourth-order valence-electron chi connectivity index (χ4n) is 4.66. The minimum atomic E-state index is -4.64. The molecule has 0 bridgehead atoms. The van der Waals surface area contributed by atoms with Crippen LogP contribution < -0.4 is 15.4 Å². The van der Waals surface area contributed by atoms with Crippen LogP contribution >= 0.6 is 11.6 Å². The third-order valence-electron chi connectivity index (χ3n) is 6.39. The lowest BCUT2D eigenvalue weighted by Crippen LogP contribution is -2.42. The van der Waals surface area contributed by atoms with E-state index in [4.69, 9.17) is 11.6 Å². The summed E-state index contributed by atoms with van der Waals surface area (Å²) in [6.07, 6.45) is -1.98. The van der Waals surface area contributed by atoms with Gasteiger partial charge in [-0.25, -0.2) is 17.8 Å². The number of carbonyl (C=O) groups excluding carboxylic acids is 1. The van der Waals surface area contributed by atoms with Crippen molar-refractivity contribution in [3.63, 3.8) is 0 Å². The maximum atomic E-state index is 14.5. The Hall–Kier alpha value is -3.12.